The van der Waals surface area contributed by atoms with Gasteiger partial charge in [-0.05, 0) is 48.1 Å². The molecular weight excluding hydrogens is 384 g/mol. The third kappa shape index (κ3) is 4.96. The first-order chi connectivity index (χ1) is 13.0. The van der Waals surface area contributed by atoms with Crippen molar-refractivity contribution in [2.24, 2.45) is 0 Å². The SMILES string of the molecule is O=C(c1cccs1)c1cc(Cl)ccc1OC(CCc1ccccc1)C(=O)O. The van der Waals surface area contributed by atoms with E-state index in [1.165, 1.54) is 17.4 Å². The summed E-state index contributed by atoms with van der Waals surface area (Å²) >= 11 is 7.35. The first-order valence-corrected chi connectivity index (χ1v) is 9.61. The summed E-state index contributed by atoms with van der Waals surface area (Å²) in [6.45, 7) is 0. The number of ketones is 1. The number of benzene rings is 2. The lowest BCUT2D eigenvalue weighted by molar-refractivity contribution is -0.145. The molecule has 1 N–H and O–H groups in total. The van der Waals surface area contributed by atoms with E-state index in [9.17, 15) is 14.7 Å². The highest BCUT2D eigenvalue weighted by molar-refractivity contribution is 7.12. The molecule has 138 valence electrons. The number of rotatable bonds is 8. The molecular formula is C21H17ClO4S. The van der Waals surface area contributed by atoms with Crippen molar-refractivity contribution < 1.29 is 19.4 Å². The zero-order chi connectivity index (χ0) is 19.2. The van der Waals surface area contributed by atoms with Gasteiger partial charge in [0.05, 0.1) is 10.4 Å². The second-order valence-electron chi connectivity index (χ2n) is 5.92. The average Bonchev–Trinajstić information content (AvgIpc) is 3.21. The van der Waals surface area contributed by atoms with Crippen LogP contribution in [0.2, 0.25) is 5.02 Å². The third-order valence-corrected chi connectivity index (χ3v) is 5.12. The Morgan fingerprint density at radius 2 is 1.85 bits per heavy atom. The molecule has 3 rings (SSSR count). The topological polar surface area (TPSA) is 63.6 Å². The molecule has 6 heteroatoms. The van der Waals surface area contributed by atoms with E-state index in [1.54, 1.807) is 29.6 Å². The minimum Gasteiger partial charge on any atom is -0.479 e. The molecule has 0 radical (unpaired) electrons. The predicted octanol–water partition coefficient (Wildman–Crippen LogP) is 5.10. The highest BCUT2D eigenvalue weighted by Crippen LogP contribution is 2.28. The van der Waals surface area contributed by atoms with Crippen LogP contribution in [0.4, 0.5) is 0 Å². The van der Waals surface area contributed by atoms with Crippen LogP contribution < -0.4 is 4.74 Å². The Hall–Kier alpha value is -2.63. The van der Waals surface area contributed by atoms with Crippen LogP contribution in [0.5, 0.6) is 5.75 Å². The molecule has 27 heavy (non-hydrogen) atoms. The number of carbonyl (C=O) groups excluding carboxylic acids is 1. The average molecular weight is 401 g/mol. The minimum absolute atomic E-state index is 0.221. The van der Waals surface area contributed by atoms with Crippen LogP contribution in [-0.4, -0.2) is 23.0 Å². The molecule has 0 aliphatic carbocycles. The normalized spacial score (nSPS) is 11.7. The maximum Gasteiger partial charge on any atom is 0.344 e. The molecule has 0 bridgehead atoms. The summed E-state index contributed by atoms with van der Waals surface area (Å²) in [6.07, 6.45) is -0.227. The number of hydrogen-bond acceptors (Lipinski definition) is 4. The number of carbonyl (C=O) groups is 2. The van der Waals surface area contributed by atoms with Crippen LogP contribution in [0.15, 0.2) is 66.0 Å². The van der Waals surface area contributed by atoms with Crippen LogP contribution >= 0.6 is 22.9 Å². The summed E-state index contributed by atoms with van der Waals surface area (Å²) < 4.78 is 5.73. The number of carboxylic acid groups (broad SMARTS) is 1. The van der Waals surface area contributed by atoms with E-state index in [1.807, 2.05) is 30.3 Å². The molecule has 0 spiro atoms. The Morgan fingerprint density at radius 3 is 2.52 bits per heavy atom. The predicted molar refractivity (Wildman–Crippen MR) is 106 cm³/mol. The maximum absolute atomic E-state index is 12.7. The Kier molecular flexibility index (Phi) is 6.27. The molecule has 0 aliphatic rings. The smallest absolute Gasteiger partial charge is 0.344 e. The van der Waals surface area contributed by atoms with Crippen LogP contribution in [0.1, 0.15) is 27.2 Å². The summed E-state index contributed by atoms with van der Waals surface area (Å²) in [6, 6.07) is 17.7. The molecule has 0 saturated heterocycles. The number of halogens is 1. The van der Waals surface area contributed by atoms with Crippen molar-refractivity contribution in [1.82, 2.24) is 0 Å². The fourth-order valence-corrected chi connectivity index (χ4v) is 3.50. The van der Waals surface area contributed by atoms with Crippen molar-refractivity contribution >= 4 is 34.7 Å². The fourth-order valence-electron chi connectivity index (χ4n) is 2.65. The van der Waals surface area contributed by atoms with Crippen LogP contribution in [0.3, 0.4) is 0 Å². The lowest BCUT2D eigenvalue weighted by atomic mass is 10.1. The van der Waals surface area contributed by atoms with Gasteiger partial charge >= 0.3 is 5.97 Å². The van der Waals surface area contributed by atoms with Crippen molar-refractivity contribution in [2.75, 3.05) is 0 Å². The second-order valence-corrected chi connectivity index (χ2v) is 7.30. The van der Waals surface area contributed by atoms with Crippen LogP contribution in [0.25, 0.3) is 0 Å². The van der Waals surface area contributed by atoms with Gasteiger partial charge in [0.25, 0.3) is 0 Å². The van der Waals surface area contributed by atoms with E-state index >= 15 is 0 Å². The standard InChI is InChI=1S/C21H17ClO4S/c22-15-9-11-17(16(13-15)20(23)19-7-4-12-27-19)26-18(21(24)25)10-8-14-5-2-1-3-6-14/h1-7,9,11-13,18H,8,10H2,(H,24,25). The van der Waals surface area contributed by atoms with Crippen molar-refractivity contribution in [2.45, 2.75) is 18.9 Å². The van der Waals surface area contributed by atoms with Gasteiger partial charge in [-0.2, -0.15) is 0 Å². The van der Waals surface area contributed by atoms with E-state index in [2.05, 4.69) is 0 Å². The van der Waals surface area contributed by atoms with Gasteiger partial charge in [0.1, 0.15) is 5.75 Å². The third-order valence-electron chi connectivity index (χ3n) is 4.01. The zero-order valence-electron chi connectivity index (χ0n) is 14.3. The minimum atomic E-state index is -1.07. The molecule has 0 saturated carbocycles. The summed E-state index contributed by atoms with van der Waals surface area (Å²) in [5.74, 6) is -1.09. The van der Waals surface area contributed by atoms with E-state index in [-0.39, 0.29) is 23.5 Å². The maximum atomic E-state index is 12.7. The molecule has 1 aromatic heterocycles. The number of thiophene rings is 1. The first kappa shape index (κ1) is 19.1. The second kappa shape index (κ2) is 8.84. The number of hydrogen-bond donors (Lipinski definition) is 1. The van der Waals surface area contributed by atoms with Crippen LogP contribution in [-0.2, 0) is 11.2 Å². The molecule has 0 amide bonds. The Bertz CT molecular complexity index is 923. The highest BCUT2D eigenvalue weighted by atomic mass is 35.5. The summed E-state index contributed by atoms with van der Waals surface area (Å²) in [7, 11) is 0. The van der Waals surface area contributed by atoms with Crippen molar-refractivity contribution in [3.05, 3.63) is 87.1 Å². The lowest BCUT2D eigenvalue weighted by Crippen LogP contribution is -2.28. The summed E-state index contributed by atoms with van der Waals surface area (Å²) in [4.78, 5) is 24.9. The Morgan fingerprint density at radius 1 is 1.07 bits per heavy atom. The van der Waals surface area contributed by atoms with Gasteiger partial charge in [-0.1, -0.05) is 48.0 Å². The van der Waals surface area contributed by atoms with Crippen molar-refractivity contribution in [1.29, 1.82) is 0 Å². The summed E-state index contributed by atoms with van der Waals surface area (Å²) in [5, 5.41) is 11.7. The number of aliphatic carboxylic acids is 1. The molecule has 0 fully saturated rings. The fraction of sp³-hybridized carbons (Fsp3) is 0.143. The van der Waals surface area contributed by atoms with E-state index in [0.717, 1.165) is 5.56 Å². The van der Waals surface area contributed by atoms with Gasteiger partial charge in [0.15, 0.2) is 6.10 Å². The van der Waals surface area contributed by atoms with Gasteiger partial charge in [-0.25, -0.2) is 4.79 Å². The zero-order valence-corrected chi connectivity index (χ0v) is 15.9. The van der Waals surface area contributed by atoms with Gasteiger partial charge in [-0.3, -0.25) is 4.79 Å². The van der Waals surface area contributed by atoms with Gasteiger partial charge in [-0.15, -0.1) is 11.3 Å². The number of aryl methyl sites for hydroxylation is 1. The number of carboxylic acids is 1. The quantitative estimate of drug-likeness (QED) is 0.534. The molecule has 1 unspecified atom stereocenters. The van der Waals surface area contributed by atoms with Gasteiger partial charge < -0.3 is 9.84 Å². The molecule has 0 aliphatic heterocycles. The molecule has 1 heterocycles. The molecule has 4 nitrogen and oxygen atoms in total. The van der Waals surface area contributed by atoms with Crippen molar-refractivity contribution in [3.63, 3.8) is 0 Å². The Labute approximate surface area is 166 Å². The van der Waals surface area contributed by atoms with Gasteiger partial charge in [0, 0.05) is 5.02 Å². The van der Waals surface area contributed by atoms with E-state index in [4.69, 9.17) is 16.3 Å². The van der Waals surface area contributed by atoms with E-state index < -0.39 is 12.1 Å². The summed E-state index contributed by atoms with van der Waals surface area (Å²) in [5.41, 5.74) is 1.29. The van der Waals surface area contributed by atoms with E-state index in [0.29, 0.717) is 16.3 Å². The Balaban J connectivity index is 1.81. The molecule has 1 atom stereocenters. The lowest BCUT2D eigenvalue weighted by Gasteiger charge is -2.17. The largest absolute Gasteiger partial charge is 0.479 e. The molecule has 3 aromatic rings. The first-order valence-electron chi connectivity index (χ1n) is 8.36. The molecule has 2 aromatic carbocycles. The van der Waals surface area contributed by atoms with Crippen LogP contribution in [0, 0.1) is 0 Å². The van der Waals surface area contributed by atoms with Crippen molar-refractivity contribution in [3.8, 4) is 5.75 Å². The highest BCUT2D eigenvalue weighted by Gasteiger charge is 2.23. The van der Waals surface area contributed by atoms with Gasteiger partial charge in [0.2, 0.25) is 5.78 Å². The number of ether oxygens (including phenoxy) is 1. The monoisotopic (exact) mass is 400 g/mol.